The molecule has 0 unspecified atom stereocenters. The molecule has 3 aromatic rings. The van der Waals surface area contributed by atoms with E-state index in [4.69, 9.17) is 4.74 Å². The molecular formula is C16H13BrFN3O. The van der Waals surface area contributed by atoms with Gasteiger partial charge in [0.1, 0.15) is 5.52 Å². The lowest BCUT2D eigenvalue weighted by Crippen LogP contribution is -2.02. The molecule has 112 valence electrons. The first kappa shape index (κ1) is 14.7. The number of benzene rings is 1. The lowest BCUT2D eigenvalue weighted by atomic mass is 10.2. The number of nitrogens with one attached hydrogen (secondary N) is 1. The lowest BCUT2D eigenvalue weighted by Gasteiger charge is -2.10. The first-order chi connectivity index (χ1) is 10.7. The van der Waals surface area contributed by atoms with Crippen molar-refractivity contribution in [2.24, 2.45) is 0 Å². The van der Waals surface area contributed by atoms with Crippen LogP contribution in [0, 0.1) is 5.82 Å². The van der Waals surface area contributed by atoms with Gasteiger partial charge < -0.3 is 10.1 Å². The Kier molecular flexibility index (Phi) is 4.20. The molecule has 0 radical (unpaired) electrons. The van der Waals surface area contributed by atoms with Crippen LogP contribution in [-0.2, 0) is 6.54 Å². The van der Waals surface area contributed by atoms with Crippen molar-refractivity contribution >= 4 is 32.7 Å². The molecule has 6 heteroatoms. The van der Waals surface area contributed by atoms with E-state index in [1.165, 1.54) is 13.2 Å². The third-order valence-corrected chi connectivity index (χ3v) is 3.68. The molecule has 1 N–H and O–H groups in total. The maximum absolute atomic E-state index is 13.7. The summed E-state index contributed by atoms with van der Waals surface area (Å²) in [6.45, 7) is 0.484. The number of hydrogen-bond donors (Lipinski definition) is 1. The zero-order chi connectivity index (χ0) is 15.5. The Hall–Kier alpha value is -2.21. The van der Waals surface area contributed by atoms with Crippen LogP contribution in [0.5, 0.6) is 5.75 Å². The first-order valence-corrected chi connectivity index (χ1v) is 7.43. The van der Waals surface area contributed by atoms with Gasteiger partial charge in [0.2, 0.25) is 0 Å². The largest absolute Gasteiger partial charge is 0.494 e. The normalized spacial score (nSPS) is 10.7. The van der Waals surface area contributed by atoms with Crippen LogP contribution in [0.15, 0.2) is 47.2 Å². The van der Waals surface area contributed by atoms with E-state index in [9.17, 15) is 4.39 Å². The van der Waals surface area contributed by atoms with Crippen LogP contribution in [-0.4, -0.2) is 17.1 Å². The Morgan fingerprint density at radius 3 is 2.86 bits per heavy atom. The Morgan fingerprint density at radius 2 is 2.09 bits per heavy atom. The highest BCUT2D eigenvalue weighted by atomic mass is 79.9. The van der Waals surface area contributed by atoms with Crippen LogP contribution < -0.4 is 10.1 Å². The molecule has 4 nitrogen and oxygen atoms in total. The molecule has 0 saturated carbocycles. The van der Waals surface area contributed by atoms with Gasteiger partial charge in [0, 0.05) is 23.4 Å². The smallest absolute Gasteiger partial charge is 0.165 e. The second-order valence-corrected chi connectivity index (χ2v) is 5.62. The molecule has 0 fully saturated rings. The van der Waals surface area contributed by atoms with Crippen molar-refractivity contribution in [3.05, 3.63) is 58.6 Å². The molecule has 0 aliphatic rings. The minimum atomic E-state index is -0.372. The Bertz CT molecular complexity index is 826. The van der Waals surface area contributed by atoms with Crippen LogP contribution in [0.1, 0.15) is 5.56 Å². The van der Waals surface area contributed by atoms with Gasteiger partial charge in [0.25, 0.3) is 0 Å². The lowest BCUT2D eigenvalue weighted by molar-refractivity contribution is 0.386. The number of nitrogens with zero attached hydrogens (tertiary/aromatic N) is 2. The van der Waals surface area contributed by atoms with Crippen LogP contribution in [0.2, 0.25) is 0 Å². The highest BCUT2D eigenvalue weighted by molar-refractivity contribution is 9.10. The summed E-state index contributed by atoms with van der Waals surface area (Å²) in [5, 5.41) is 3.26. The molecule has 0 bridgehead atoms. The number of rotatable bonds is 4. The Morgan fingerprint density at radius 1 is 1.23 bits per heavy atom. The van der Waals surface area contributed by atoms with Crippen LogP contribution >= 0.6 is 15.9 Å². The molecule has 0 atom stereocenters. The molecule has 3 rings (SSSR count). The van der Waals surface area contributed by atoms with Gasteiger partial charge in [-0.1, -0.05) is 6.07 Å². The summed E-state index contributed by atoms with van der Waals surface area (Å²) in [6, 6.07) is 8.65. The Balaban J connectivity index is 1.83. The predicted molar refractivity (Wildman–Crippen MR) is 87.5 cm³/mol. The van der Waals surface area contributed by atoms with Gasteiger partial charge in [-0.3, -0.25) is 9.97 Å². The van der Waals surface area contributed by atoms with Crippen molar-refractivity contribution in [3.63, 3.8) is 0 Å². The topological polar surface area (TPSA) is 47.0 Å². The number of anilines is 1. The van der Waals surface area contributed by atoms with Gasteiger partial charge in [-0.15, -0.1) is 0 Å². The van der Waals surface area contributed by atoms with Gasteiger partial charge in [-0.05, 0) is 45.8 Å². The van der Waals surface area contributed by atoms with E-state index in [1.54, 1.807) is 18.5 Å². The van der Waals surface area contributed by atoms with Crippen molar-refractivity contribution in [1.82, 2.24) is 9.97 Å². The van der Waals surface area contributed by atoms with Crippen molar-refractivity contribution in [1.29, 1.82) is 0 Å². The zero-order valence-electron chi connectivity index (χ0n) is 11.8. The van der Waals surface area contributed by atoms with Crippen molar-refractivity contribution < 1.29 is 9.13 Å². The fourth-order valence-electron chi connectivity index (χ4n) is 2.17. The predicted octanol–water partition coefficient (Wildman–Crippen LogP) is 4.15. The van der Waals surface area contributed by atoms with E-state index < -0.39 is 0 Å². The van der Waals surface area contributed by atoms with E-state index >= 15 is 0 Å². The monoisotopic (exact) mass is 361 g/mol. The average molecular weight is 362 g/mol. The SMILES string of the molecule is COc1ccc(CNc2ccnc3cc(Br)cnc23)cc1F. The third-order valence-electron chi connectivity index (χ3n) is 3.24. The van der Waals surface area contributed by atoms with E-state index in [1.807, 2.05) is 18.2 Å². The second-order valence-electron chi connectivity index (χ2n) is 4.70. The quantitative estimate of drug-likeness (QED) is 0.758. The molecule has 2 heterocycles. The number of aromatic nitrogens is 2. The highest BCUT2D eigenvalue weighted by Gasteiger charge is 2.06. The highest BCUT2D eigenvalue weighted by Crippen LogP contribution is 2.23. The number of ether oxygens (including phenoxy) is 1. The molecule has 1 aromatic carbocycles. The average Bonchev–Trinajstić information content (AvgIpc) is 2.52. The van der Waals surface area contributed by atoms with Gasteiger partial charge in [0.05, 0.1) is 18.3 Å². The number of halogens is 2. The maximum atomic E-state index is 13.7. The minimum Gasteiger partial charge on any atom is -0.494 e. The number of hydrogen-bond acceptors (Lipinski definition) is 4. The van der Waals surface area contributed by atoms with E-state index in [0.717, 1.165) is 26.8 Å². The van der Waals surface area contributed by atoms with Gasteiger partial charge in [0.15, 0.2) is 11.6 Å². The van der Waals surface area contributed by atoms with E-state index in [2.05, 4.69) is 31.2 Å². The molecule has 0 aliphatic heterocycles. The summed E-state index contributed by atoms with van der Waals surface area (Å²) in [5.74, 6) is -0.131. The van der Waals surface area contributed by atoms with Crippen LogP contribution in [0.4, 0.5) is 10.1 Å². The third kappa shape index (κ3) is 3.01. The number of pyridine rings is 2. The van der Waals surface area contributed by atoms with Crippen LogP contribution in [0.25, 0.3) is 11.0 Å². The van der Waals surface area contributed by atoms with Crippen molar-refractivity contribution in [3.8, 4) is 5.75 Å². The van der Waals surface area contributed by atoms with E-state index in [-0.39, 0.29) is 11.6 Å². The van der Waals surface area contributed by atoms with Gasteiger partial charge >= 0.3 is 0 Å². The first-order valence-electron chi connectivity index (χ1n) is 6.64. The molecule has 0 saturated heterocycles. The summed E-state index contributed by atoms with van der Waals surface area (Å²) in [4.78, 5) is 8.66. The molecule has 0 spiro atoms. The molecule has 2 aromatic heterocycles. The summed E-state index contributed by atoms with van der Waals surface area (Å²) in [6.07, 6.45) is 3.44. The fourth-order valence-corrected chi connectivity index (χ4v) is 2.48. The number of fused-ring (bicyclic) bond motifs is 1. The Labute approximate surface area is 135 Å². The van der Waals surface area contributed by atoms with Crippen LogP contribution in [0.3, 0.4) is 0 Å². The number of methoxy groups -OCH3 is 1. The minimum absolute atomic E-state index is 0.240. The molecule has 0 amide bonds. The molecule has 0 aliphatic carbocycles. The van der Waals surface area contributed by atoms with E-state index in [0.29, 0.717) is 6.54 Å². The summed E-state index contributed by atoms with van der Waals surface area (Å²) in [7, 11) is 1.45. The molecular weight excluding hydrogens is 349 g/mol. The summed E-state index contributed by atoms with van der Waals surface area (Å²) < 4.78 is 19.5. The summed E-state index contributed by atoms with van der Waals surface area (Å²) >= 11 is 3.38. The van der Waals surface area contributed by atoms with Crippen molar-refractivity contribution in [2.45, 2.75) is 6.54 Å². The second kappa shape index (κ2) is 6.27. The zero-order valence-corrected chi connectivity index (χ0v) is 13.4. The standard InChI is InChI=1S/C16H13BrFN3O/c1-22-15-3-2-10(6-12(15)18)8-20-13-4-5-19-14-7-11(17)9-21-16(13)14/h2-7,9H,8H2,1H3,(H,19,20). The van der Waals surface area contributed by atoms with Gasteiger partial charge in [-0.25, -0.2) is 4.39 Å². The fraction of sp³-hybridized carbons (Fsp3) is 0.125. The van der Waals surface area contributed by atoms with Crippen molar-refractivity contribution in [2.75, 3.05) is 12.4 Å². The van der Waals surface area contributed by atoms with Gasteiger partial charge in [-0.2, -0.15) is 0 Å². The molecule has 22 heavy (non-hydrogen) atoms. The maximum Gasteiger partial charge on any atom is 0.165 e. The summed E-state index contributed by atoms with van der Waals surface area (Å²) in [5.41, 5.74) is 3.24.